The molecule has 1 aliphatic heterocycles. The van der Waals surface area contributed by atoms with Crippen molar-refractivity contribution >= 4 is 5.78 Å². The highest BCUT2D eigenvalue weighted by Crippen LogP contribution is 2.57. The zero-order valence-corrected chi connectivity index (χ0v) is 8.49. The van der Waals surface area contributed by atoms with Gasteiger partial charge in [-0.1, -0.05) is 6.92 Å². The maximum Gasteiger partial charge on any atom is 0.139 e. The molecule has 0 bridgehead atoms. The van der Waals surface area contributed by atoms with Crippen LogP contribution in [0.2, 0.25) is 0 Å². The van der Waals surface area contributed by atoms with Crippen molar-refractivity contribution in [2.24, 2.45) is 11.3 Å². The van der Waals surface area contributed by atoms with E-state index in [1.165, 1.54) is 0 Å². The third kappa shape index (κ3) is 0.920. The lowest BCUT2D eigenvalue weighted by molar-refractivity contribution is -0.285. The molecule has 0 spiro atoms. The smallest absolute Gasteiger partial charge is 0.139 e. The van der Waals surface area contributed by atoms with Crippen LogP contribution in [0.15, 0.2) is 0 Å². The minimum atomic E-state index is 0.0709. The van der Waals surface area contributed by atoms with Gasteiger partial charge in [0, 0.05) is 11.8 Å². The molecule has 3 aliphatic rings. The molecule has 2 saturated carbocycles. The van der Waals surface area contributed by atoms with Crippen molar-refractivity contribution in [2.45, 2.75) is 38.4 Å². The van der Waals surface area contributed by atoms with E-state index in [0.29, 0.717) is 19.0 Å². The Kier molecular flexibility index (Phi) is 1.77. The van der Waals surface area contributed by atoms with Crippen molar-refractivity contribution in [3.63, 3.8) is 0 Å². The van der Waals surface area contributed by atoms with Gasteiger partial charge in [-0.25, -0.2) is 0 Å². The number of fused-ring (bicyclic) bond motifs is 4. The fraction of sp³-hybridized carbons (Fsp3) is 0.909. The van der Waals surface area contributed by atoms with Gasteiger partial charge < -0.3 is 9.47 Å². The number of hydrogen-bond donors (Lipinski definition) is 0. The van der Waals surface area contributed by atoms with Crippen LogP contribution in [0.3, 0.4) is 0 Å². The average molecular weight is 196 g/mol. The Hall–Kier alpha value is -0.410. The summed E-state index contributed by atoms with van der Waals surface area (Å²) in [6, 6.07) is 0. The van der Waals surface area contributed by atoms with Crippen LogP contribution in [0.4, 0.5) is 0 Å². The lowest BCUT2D eigenvalue weighted by Gasteiger charge is -2.61. The third-order valence-electron chi connectivity index (χ3n) is 4.16. The Balaban J connectivity index is 1.88. The molecule has 78 valence electrons. The largest absolute Gasteiger partial charge is 0.373 e. The van der Waals surface area contributed by atoms with Crippen molar-refractivity contribution in [2.75, 3.05) is 13.2 Å². The summed E-state index contributed by atoms with van der Waals surface area (Å²) in [6.07, 6.45) is 3.14. The molecule has 4 atom stereocenters. The fourth-order valence-corrected chi connectivity index (χ4v) is 3.46. The zero-order chi connectivity index (χ0) is 9.76. The van der Waals surface area contributed by atoms with Crippen molar-refractivity contribution in [1.29, 1.82) is 0 Å². The number of hydrogen-bond acceptors (Lipinski definition) is 3. The van der Waals surface area contributed by atoms with Crippen LogP contribution in [0.1, 0.15) is 26.2 Å². The minimum absolute atomic E-state index is 0.0709. The number of carbonyl (C=O) groups excluding carboxylic acids is 1. The van der Waals surface area contributed by atoms with Gasteiger partial charge in [-0.05, 0) is 12.8 Å². The first kappa shape index (κ1) is 8.86. The Labute approximate surface area is 83.8 Å². The Morgan fingerprint density at radius 2 is 2.14 bits per heavy atom. The van der Waals surface area contributed by atoms with Gasteiger partial charge >= 0.3 is 0 Å². The third-order valence-corrected chi connectivity index (χ3v) is 4.16. The number of rotatable bonds is 0. The van der Waals surface area contributed by atoms with Crippen LogP contribution in [-0.4, -0.2) is 31.2 Å². The van der Waals surface area contributed by atoms with E-state index in [2.05, 4.69) is 6.92 Å². The molecule has 14 heavy (non-hydrogen) atoms. The molecule has 3 rings (SSSR count). The van der Waals surface area contributed by atoms with Gasteiger partial charge in [-0.15, -0.1) is 0 Å². The molecule has 3 fully saturated rings. The molecular weight excluding hydrogens is 180 g/mol. The van der Waals surface area contributed by atoms with Crippen molar-refractivity contribution in [3.05, 3.63) is 0 Å². The van der Waals surface area contributed by atoms with E-state index >= 15 is 0 Å². The summed E-state index contributed by atoms with van der Waals surface area (Å²) in [7, 11) is 0. The molecule has 3 heteroatoms. The predicted molar refractivity (Wildman–Crippen MR) is 49.9 cm³/mol. The topological polar surface area (TPSA) is 35.5 Å². The molecule has 0 aromatic heterocycles. The quantitative estimate of drug-likeness (QED) is 0.583. The Bertz CT molecular complexity index is 276. The van der Waals surface area contributed by atoms with E-state index in [9.17, 15) is 4.79 Å². The zero-order valence-electron chi connectivity index (χ0n) is 8.49. The lowest BCUT2D eigenvalue weighted by Crippen LogP contribution is -2.70. The van der Waals surface area contributed by atoms with Crippen LogP contribution in [0.5, 0.6) is 0 Å². The molecule has 1 heterocycles. The Morgan fingerprint density at radius 3 is 3.00 bits per heavy atom. The molecule has 0 N–H and O–H groups in total. The number of ketones is 1. The normalized spacial score (nSPS) is 51.8. The summed E-state index contributed by atoms with van der Waals surface area (Å²) in [5, 5.41) is 0. The summed E-state index contributed by atoms with van der Waals surface area (Å²) in [5.74, 6) is 0.520. The van der Waals surface area contributed by atoms with Crippen LogP contribution < -0.4 is 0 Å². The molecule has 0 amide bonds. The second-order valence-electron chi connectivity index (χ2n) is 4.93. The Morgan fingerprint density at radius 1 is 1.36 bits per heavy atom. The molecule has 3 nitrogen and oxygen atoms in total. The van der Waals surface area contributed by atoms with Gasteiger partial charge in [0.2, 0.25) is 0 Å². The molecule has 0 radical (unpaired) electrons. The summed E-state index contributed by atoms with van der Waals surface area (Å²) in [5.41, 5.74) is 0.0837. The van der Waals surface area contributed by atoms with Gasteiger partial charge in [0.1, 0.15) is 5.78 Å². The second-order valence-corrected chi connectivity index (χ2v) is 4.93. The van der Waals surface area contributed by atoms with Gasteiger partial charge in [0.05, 0.1) is 31.3 Å². The average Bonchev–Trinajstić information content (AvgIpc) is 2.16. The number of carbonyl (C=O) groups is 1. The minimum Gasteiger partial charge on any atom is -0.373 e. The standard InChI is InChI=1S/C11H16O3/c1-11-4-2-3-7(12)8(11)9-10(11)14-6-5-13-9/h8-10H,2-6H2,1H3/t8-,9-,10-,11-/m1/s1. The van der Waals surface area contributed by atoms with E-state index in [1.807, 2.05) is 0 Å². The van der Waals surface area contributed by atoms with E-state index in [4.69, 9.17) is 9.47 Å². The first-order valence-corrected chi connectivity index (χ1v) is 5.49. The van der Waals surface area contributed by atoms with E-state index < -0.39 is 0 Å². The van der Waals surface area contributed by atoms with Crippen LogP contribution in [0, 0.1) is 11.3 Å². The van der Waals surface area contributed by atoms with Gasteiger partial charge in [0.15, 0.2) is 0 Å². The molecule has 0 aromatic carbocycles. The summed E-state index contributed by atoms with van der Waals surface area (Å²) in [6.45, 7) is 3.53. The molecule has 2 aliphatic carbocycles. The van der Waals surface area contributed by atoms with E-state index in [1.54, 1.807) is 0 Å². The second kappa shape index (κ2) is 2.80. The van der Waals surface area contributed by atoms with Crippen LogP contribution >= 0.6 is 0 Å². The van der Waals surface area contributed by atoms with Gasteiger partial charge in [-0.3, -0.25) is 4.79 Å². The molecule has 1 saturated heterocycles. The first-order chi connectivity index (χ1) is 6.73. The first-order valence-electron chi connectivity index (χ1n) is 5.49. The van der Waals surface area contributed by atoms with Gasteiger partial charge in [-0.2, -0.15) is 0 Å². The summed E-state index contributed by atoms with van der Waals surface area (Å²) >= 11 is 0. The van der Waals surface area contributed by atoms with Crippen LogP contribution in [-0.2, 0) is 14.3 Å². The highest BCUT2D eigenvalue weighted by atomic mass is 16.6. The van der Waals surface area contributed by atoms with E-state index in [0.717, 1.165) is 19.3 Å². The molecule has 0 aromatic rings. The summed E-state index contributed by atoms with van der Waals surface area (Å²) in [4.78, 5) is 11.8. The van der Waals surface area contributed by atoms with Crippen molar-refractivity contribution in [1.82, 2.24) is 0 Å². The van der Waals surface area contributed by atoms with Gasteiger partial charge in [0.25, 0.3) is 0 Å². The van der Waals surface area contributed by atoms with Crippen molar-refractivity contribution < 1.29 is 14.3 Å². The van der Waals surface area contributed by atoms with Crippen LogP contribution in [0.25, 0.3) is 0 Å². The monoisotopic (exact) mass is 196 g/mol. The molecule has 0 unspecified atom stereocenters. The fourth-order valence-electron chi connectivity index (χ4n) is 3.46. The number of Topliss-reactive ketones (excluding diaryl/α,β-unsaturated/α-hetero) is 1. The van der Waals surface area contributed by atoms with E-state index in [-0.39, 0.29) is 23.5 Å². The maximum absolute atomic E-state index is 11.8. The highest BCUT2D eigenvalue weighted by Gasteiger charge is 2.65. The summed E-state index contributed by atoms with van der Waals surface area (Å²) < 4.78 is 11.4. The predicted octanol–water partition coefficient (Wildman–Crippen LogP) is 1.16. The van der Waals surface area contributed by atoms with Crippen molar-refractivity contribution in [3.8, 4) is 0 Å². The highest BCUT2D eigenvalue weighted by molar-refractivity contribution is 5.85. The SMILES string of the molecule is C[C@@]12CCCC(=O)[C@@H]1[C@H]1OCCO[C@H]12. The lowest BCUT2D eigenvalue weighted by atomic mass is 9.50. The maximum atomic E-state index is 11.8. The molecular formula is C11H16O3. The number of ether oxygens (including phenoxy) is 2.